The van der Waals surface area contributed by atoms with Gasteiger partial charge >= 0.3 is 6.18 Å². The van der Waals surface area contributed by atoms with E-state index in [1.807, 2.05) is 31.2 Å². The monoisotopic (exact) mass is 353 g/mol. The highest BCUT2D eigenvalue weighted by atomic mass is 35.5. The Bertz CT molecular complexity index is 876. The van der Waals surface area contributed by atoms with Gasteiger partial charge in [0.15, 0.2) is 0 Å². The van der Waals surface area contributed by atoms with E-state index in [0.717, 1.165) is 22.0 Å². The lowest BCUT2D eigenvalue weighted by Gasteiger charge is -2.13. The topological polar surface area (TPSA) is 55.6 Å². The molecule has 3 rings (SSSR count). The van der Waals surface area contributed by atoms with E-state index >= 15 is 0 Å². The summed E-state index contributed by atoms with van der Waals surface area (Å²) in [5.74, 6) is 0.158. The quantitative estimate of drug-likeness (QED) is 0.759. The third-order valence-corrected chi connectivity index (χ3v) is 3.77. The maximum absolute atomic E-state index is 13.0. The average Bonchev–Trinajstić information content (AvgIpc) is 2.96. The number of halogens is 4. The van der Waals surface area contributed by atoms with Crippen molar-refractivity contribution < 1.29 is 13.2 Å². The second-order valence-corrected chi connectivity index (χ2v) is 5.37. The van der Waals surface area contributed by atoms with Gasteiger partial charge < -0.3 is 5.32 Å². The van der Waals surface area contributed by atoms with Crippen molar-refractivity contribution in [2.24, 2.45) is 0 Å². The Morgan fingerprint density at radius 2 is 1.83 bits per heavy atom. The molecule has 0 spiro atoms. The van der Waals surface area contributed by atoms with Crippen molar-refractivity contribution in [2.45, 2.75) is 13.1 Å². The Balaban J connectivity index is 2.04. The van der Waals surface area contributed by atoms with Crippen LogP contribution < -0.4 is 5.32 Å². The van der Waals surface area contributed by atoms with Gasteiger partial charge in [-0.15, -0.1) is 0 Å². The molecule has 0 radical (unpaired) electrons. The van der Waals surface area contributed by atoms with E-state index < -0.39 is 16.8 Å². The number of para-hydroxylation sites is 1. The molecule has 24 heavy (non-hydrogen) atoms. The fourth-order valence-electron chi connectivity index (χ4n) is 2.16. The molecule has 0 aliphatic rings. The van der Waals surface area contributed by atoms with Crippen LogP contribution in [0.15, 0.2) is 42.5 Å². The zero-order valence-corrected chi connectivity index (χ0v) is 13.1. The first-order chi connectivity index (χ1) is 11.4. The summed E-state index contributed by atoms with van der Waals surface area (Å²) in [4.78, 5) is 0. The molecule has 124 valence electrons. The summed E-state index contributed by atoms with van der Waals surface area (Å²) in [5, 5.41) is 13.6. The van der Waals surface area contributed by atoms with Crippen molar-refractivity contribution in [3.63, 3.8) is 0 Å². The molecule has 0 amide bonds. The molecule has 0 aliphatic carbocycles. The maximum Gasteiger partial charge on any atom is 0.417 e. The first kappa shape index (κ1) is 16.3. The second kappa shape index (κ2) is 6.12. The van der Waals surface area contributed by atoms with E-state index in [-0.39, 0.29) is 11.6 Å². The third kappa shape index (κ3) is 3.05. The summed E-state index contributed by atoms with van der Waals surface area (Å²) in [6.45, 7) is 1.88. The number of alkyl halides is 3. The average molecular weight is 354 g/mol. The molecule has 0 fully saturated rings. The van der Waals surface area contributed by atoms with Crippen LogP contribution in [0.5, 0.6) is 0 Å². The van der Waals surface area contributed by atoms with Crippen LogP contribution in [0, 0.1) is 6.92 Å². The van der Waals surface area contributed by atoms with Crippen molar-refractivity contribution in [3.8, 4) is 5.69 Å². The van der Waals surface area contributed by atoms with E-state index in [2.05, 4.69) is 20.8 Å². The van der Waals surface area contributed by atoms with Gasteiger partial charge in [-0.3, -0.25) is 0 Å². The summed E-state index contributed by atoms with van der Waals surface area (Å²) in [6, 6.07) is 11.0. The van der Waals surface area contributed by atoms with Crippen LogP contribution >= 0.6 is 11.6 Å². The number of hydrogen-bond donors (Lipinski definition) is 1. The highest BCUT2D eigenvalue weighted by Crippen LogP contribution is 2.37. The van der Waals surface area contributed by atoms with Crippen LogP contribution in [-0.4, -0.2) is 20.2 Å². The number of aromatic nitrogens is 4. The van der Waals surface area contributed by atoms with Gasteiger partial charge in [-0.1, -0.05) is 41.0 Å². The van der Waals surface area contributed by atoms with Crippen LogP contribution in [0.1, 0.15) is 11.1 Å². The lowest BCUT2D eigenvalue weighted by atomic mass is 10.2. The second-order valence-electron chi connectivity index (χ2n) is 4.99. The number of benzene rings is 2. The van der Waals surface area contributed by atoms with Crippen LogP contribution in [0.2, 0.25) is 5.02 Å². The maximum atomic E-state index is 13.0. The number of nitrogens with one attached hydrogen (secondary N) is 1. The van der Waals surface area contributed by atoms with E-state index in [4.69, 9.17) is 11.6 Å². The minimum absolute atomic E-state index is 0.0348. The Morgan fingerprint density at radius 3 is 2.54 bits per heavy atom. The molecule has 2 aromatic carbocycles. The van der Waals surface area contributed by atoms with Gasteiger partial charge in [-0.05, 0) is 41.1 Å². The molecule has 3 aromatic rings. The molecular weight excluding hydrogens is 343 g/mol. The molecule has 0 saturated heterocycles. The lowest BCUT2D eigenvalue weighted by molar-refractivity contribution is -0.137. The van der Waals surface area contributed by atoms with E-state index in [1.54, 1.807) is 0 Å². The first-order valence-corrected chi connectivity index (χ1v) is 7.23. The fourth-order valence-corrected chi connectivity index (χ4v) is 2.48. The predicted molar refractivity (Wildman–Crippen MR) is 83.6 cm³/mol. The minimum atomic E-state index is -4.56. The summed E-state index contributed by atoms with van der Waals surface area (Å²) < 4.78 is 40.2. The van der Waals surface area contributed by atoms with E-state index in [1.165, 1.54) is 12.1 Å². The zero-order chi connectivity index (χ0) is 17.3. The number of tetrazole rings is 1. The fraction of sp³-hybridized carbons (Fsp3) is 0.133. The van der Waals surface area contributed by atoms with Crippen molar-refractivity contribution in [2.75, 3.05) is 5.32 Å². The number of hydrogen-bond acceptors (Lipinski definition) is 4. The number of aryl methyl sites for hydroxylation is 1. The van der Waals surface area contributed by atoms with E-state index in [9.17, 15) is 13.2 Å². The van der Waals surface area contributed by atoms with Crippen molar-refractivity contribution in [1.29, 1.82) is 0 Å². The Hall–Kier alpha value is -2.61. The SMILES string of the molecule is Cc1ccccc1Nc1nnnn1-c1cccc(C(F)(F)F)c1Cl. The molecule has 0 unspecified atom stereocenters. The summed E-state index contributed by atoms with van der Waals surface area (Å²) in [6.07, 6.45) is -4.56. The highest BCUT2D eigenvalue weighted by molar-refractivity contribution is 6.33. The Kier molecular flexibility index (Phi) is 4.15. The molecular formula is C15H11ClF3N5. The summed E-state index contributed by atoms with van der Waals surface area (Å²) in [5.41, 5.74) is 0.755. The van der Waals surface area contributed by atoms with E-state index in [0.29, 0.717) is 0 Å². The molecule has 9 heteroatoms. The number of nitrogens with zero attached hydrogens (tertiary/aromatic N) is 4. The molecule has 1 heterocycles. The molecule has 5 nitrogen and oxygen atoms in total. The minimum Gasteiger partial charge on any atom is -0.322 e. The van der Waals surface area contributed by atoms with Gasteiger partial charge in [-0.25, -0.2) is 0 Å². The largest absolute Gasteiger partial charge is 0.417 e. The highest BCUT2D eigenvalue weighted by Gasteiger charge is 2.34. The molecule has 0 atom stereocenters. The van der Waals surface area contributed by atoms with Crippen LogP contribution in [-0.2, 0) is 6.18 Å². The van der Waals surface area contributed by atoms with Gasteiger partial charge in [0.25, 0.3) is 5.95 Å². The molecule has 1 N–H and O–H groups in total. The summed E-state index contributed by atoms with van der Waals surface area (Å²) >= 11 is 5.93. The van der Waals surface area contributed by atoms with Crippen LogP contribution in [0.25, 0.3) is 5.69 Å². The van der Waals surface area contributed by atoms with Gasteiger partial charge in [0.1, 0.15) is 0 Å². The first-order valence-electron chi connectivity index (χ1n) is 6.85. The zero-order valence-electron chi connectivity index (χ0n) is 12.3. The molecule has 0 aliphatic heterocycles. The molecule has 0 saturated carbocycles. The summed E-state index contributed by atoms with van der Waals surface area (Å²) in [7, 11) is 0. The number of anilines is 2. The van der Waals surface area contributed by atoms with Gasteiger partial charge in [-0.2, -0.15) is 17.9 Å². The van der Waals surface area contributed by atoms with Gasteiger partial charge in [0.05, 0.1) is 16.3 Å². The van der Waals surface area contributed by atoms with Crippen molar-refractivity contribution >= 4 is 23.2 Å². The predicted octanol–water partition coefficient (Wildman–Crippen LogP) is 4.39. The van der Waals surface area contributed by atoms with Crippen LogP contribution in [0.3, 0.4) is 0 Å². The Morgan fingerprint density at radius 1 is 1.08 bits per heavy atom. The lowest BCUT2D eigenvalue weighted by Crippen LogP contribution is -2.10. The normalized spacial score (nSPS) is 11.5. The Labute approximate surface area is 140 Å². The van der Waals surface area contributed by atoms with Crippen molar-refractivity contribution in [1.82, 2.24) is 20.2 Å². The van der Waals surface area contributed by atoms with Gasteiger partial charge in [0, 0.05) is 5.69 Å². The molecule has 0 bridgehead atoms. The van der Waals surface area contributed by atoms with Crippen molar-refractivity contribution in [3.05, 3.63) is 58.6 Å². The standard InChI is InChI=1S/C15H11ClF3N5/c1-9-5-2-3-7-11(9)20-14-21-22-23-24(14)12-8-4-6-10(13(12)16)15(17,18)19/h2-8H,1H3,(H,20,21,23). The third-order valence-electron chi connectivity index (χ3n) is 3.37. The van der Waals surface area contributed by atoms with Crippen LogP contribution in [0.4, 0.5) is 24.8 Å². The smallest absolute Gasteiger partial charge is 0.322 e. The van der Waals surface area contributed by atoms with Gasteiger partial charge in [0.2, 0.25) is 0 Å². The molecule has 1 aromatic heterocycles. The number of rotatable bonds is 3.